The lowest BCUT2D eigenvalue weighted by Gasteiger charge is -2.35. The van der Waals surface area contributed by atoms with Crippen LogP contribution in [0.4, 0.5) is 13.6 Å². The van der Waals surface area contributed by atoms with Crippen LogP contribution in [0.25, 0.3) is 0 Å². The lowest BCUT2D eigenvalue weighted by molar-refractivity contribution is -0.0158. The van der Waals surface area contributed by atoms with Gasteiger partial charge in [-0.05, 0) is 35.7 Å². The maximum absolute atomic E-state index is 14.0. The number of rotatable bonds is 2. The van der Waals surface area contributed by atoms with E-state index in [0.29, 0.717) is 24.6 Å². The van der Waals surface area contributed by atoms with E-state index in [4.69, 9.17) is 4.74 Å². The average molecular weight is 390 g/mol. The van der Waals surface area contributed by atoms with E-state index >= 15 is 0 Å². The highest BCUT2D eigenvalue weighted by molar-refractivity contribution is 7.99. The highest BCUT2D eigenvalue weighted by atomic mass is 32.2. The summed E-state index contributed by atoms with van der Waals surface area (Å²) in [5, 5.41) is 3.04. The zero-order valence-corrected chi connectivity index (χ0v) is 15.5. The molecule has 7 heteroatoms. The van der Waals surface area contributed by atoms with Gasteiger partial charge in [0.1, 0.15) is 17.7 Å². The molecule has 2 heterocycles. The van der Waals surface area contributed by atoms with Crippen LogP contribution in [0.3, 0.4) is 0 Å². The van der Waals surface area contributed by atoms with Gasteiger partial charge in [0.05, 0.1) is 19.2 Å². The van der Waals surface area contributed by atoms with Crippen molar-refractivity contribution in [1.29, 1.82) is 0 Å². The topological polar surface area (TPSA) is 41.6 Å². The Morgan fingerprint density at radius 1 is 1.19 bits per heavy atom. The van der Waals surface area contributed by atoms with Crippen LogP contribution in [0.5, 0.6) is 0 Å². The quantitative estimate of drug-likeness (QED) is 0.832. The van der Waals surface area contributed by atoms with Gasteiger partial charge in [0.25, 0.3) is 0 Å². The maximum atomic E-state index is 14.0. The Bertz CT molecular complexity index is 831. The molecule has 4 nitrogen and oxygen atoms in total. The van der Waals surface area contributed by atoms with E-state index in [1.807, 2.05) is 6.07 Å². The highest BCUT2D eigenvalue weighted by Gasteiger charge is 2.29. The smallest absolute Gasteiger partial charge is 0.318 e. The van der Waals surface area contributed by atoms with Crippen molar-refractivity contribution in [3.63, 3.8) is 0 Å². The summed E-state index contributed by atoms with van der Waals surface area (Å²) in [5.74, 6) is 0.227. The van der Waals surface area contributed by atoms with E-state index in [0.717, 1.165) is 23.3 Å². The van der Waals surface area contributed by atoms with Gasteiger partial charge in [0.2, 0.25) is 0 Å². The fourth-order valence-electron chi connectivity index (χ4n) is 3.49. The largest absolute Gasteiger partial charge is 0.370 e. The molecule has 2 atom stereocenters. The van der Waals surface area contributed by atoms with Crippen LogP contribution in [-0.4, -0.2) is 36.4 Å². The molecule has 27 heavy (non-hydrogen) atoms. The summed E-state index contributed by atoms with van der Waals surface area (Å²) in [6, 6.07) is 10.8. The first-order valence-electron chi connectivity index (χ1n) is 8.95. The minimum absolute atomic E-state index is 0.183. The third-order valence-corrected chi connectivity index (χ3v) is 6.08. The fraction of sp³-hybridized carbons (Fsp3) is 0.350. The normalized spacial score (nSPS) is 22.2. The summed E-state index contributed by atoms with van der Waals surface area (Å²) in [4.78, 5) is 15.1. The van der Waals surface area contributed by atoms with Crippen molar-refractivity contribution in [3.8, 4) is 0 Å². The Morgan fingerprint density at radius 3 is 2.81 bits per heavy atom. The molecule has 0 unspecified atom stereocenters. The summed E-state index contributed by atoms with van der Waals surface area (Å²) in [7, 11) is 0. The predicted octanol–water partition coefficient (Wildman–Crippen LogP) is 4.28. The van der Waals surface area contributed by atoms with Crippen molar-refractivity contribution in [2.24, 2.45) is 0 Å². The van der Waals surface area contributed by atoms with E-state index in [1.54, 1.807) is 23.1 Å². The number of urea groups is 1. The van der Waals surface area contributed by atoms with Crippen LogP contribution >= 0.6 is 11.8 Å². The number of carbonyl (C=O) groups excluding carboxylic acids is 1. The van der Waals surface area contributed by atoms with Gasteiger partial charge < -0.3 is 15.0 Å². The van der Waals surface area contributed by atoms with Gasteiger partial charge in [-0.3, -0.25) is 0 Å². The molecule has 142 valence electrons. The van der Waals surface area contributed by atoms with E-state index in [-0.39, 0.29) is 29.8 Å². The first-order valence-corrected chi connectivity index (χ1v) is 9.94. The molecule has 2 amide bonds. The zero-order chi connectivity index (χ0) is 18.8. The van der Waals surface area contributed by atoms with Crippen LogP contribution < -0.4 is 5.32 Å². The number of benzene rings is 2. The first-order chi connectivity index (χ1) is 13.1. The van der Waals surface area contributed by atoms with E-state index in [2.05, 4.69) is 5.32 Å². The second-order valence-corrected chi connectivity index (χ2v) is 7.76. The lowest BCUT2D eigenvalue weighted by Crippen LogP contribution is -2.48. The molecule has 2 aromatic rings. The van der Waals surface area contributed by atoms with Gasteiger partial charge in [-0.1, -0.05) is 24.3 Å². The molecule has 2 aliphatic heterocycles. The molecule has 1 fully saturated rings. The van der Waals surface area contributed by atoms with Gasteiger partial charge in [-0.15, -0.1) is 11.8 Å². The van der Waals surface area contributed by atoms with E-state index in [1.165, 1.54) is 30.0 Å². The number of ether oxygens (including phenoxy) is 1. The lowest BCUT2D eigenvalue weighted by atomic mass is 10.0. The SMILES string of the molecule is O=C(N[C@@H]1CCSc2c(F)cccc21)N1CCO[C@H](c2ccc(F)cc2)C1. The van der Waals surface area contributed by atoms with Gasteiger partial charge in [-0.2, -0.15) is 0 Å². The van der Waals surface area contributed by atoms with Crippen molar-refractivity contribution in [2.75, 3.05) is 25.4 Å². The van der Waals surface area contributed by atoms with Crippen LogP contribution in [0.1, 0.15) is 29.7 Å². The number of fused-ring (bicyclic) bond motifs is 1. The average Bonchev–Trinajstić information content (AvgIpc) is 2.69. The summed E-state index contributed by atoms with van der Waals surface area (Å²) < 4.78 is 32.9. The molecular weight excluding hydrogens is 370 g/mol. The second-order valence-electron chi connectivity index (χ2n) is 6.65. The predicted molar refractivity (Wildman–Crippen MR) is 99.7 cm³/mol. The second kappa shape index (κ2) is 7.86. The van der Waals surface area contributed by atoms with Crippen molar-refractivity contribution in [1.82, 2.24) is 10.2 Å². The summed E-state index contributed by atoms with van der Waals surface area (Å²) >= 11 is 1.49. The van der Waals surface area contributed by atoms with Gasteiger partial charge >= 0.3 is 6.03 Å². The molecule has 0 aliphatic carbocycles. The number of amides is 2. The molecule has 0 saturated carbocycles. The third-order valence-electron chi connectivity index (χ3n) is 4.92. The van der Waals surface area contributed by atoms with Crippen molar-refractivity contribution in [2.45, 2.75) is 23.5 Å². The maximum Gasteiger partial charge on any atom is 0.318 e. The minimum Gasteiger partial charge on any atom is -0.370 e. The van der Waals surface area contributed by atoms with Crippen molar-refractivity contribution >= 4 is 17.8 Å². The number of thioether (sulfide) groups is 1. The van der Waals surface area contributed by atoms with Crippen LogP contribution in [-0.2, 0) is 4.74 Å². The molecule has 0 radical (unpaired) electrons. The number of hydrogen-bond donors (Lipinski definition) is 1. The number of nitrogens with zero attached hydrogens (tertiary/aromatic N) is 1. The molecule has 0 bridgehead atoms. The van der Waals surface area contributed by atoms with Crippen LogP contribution in [0.2, 0.25) is 0 Å². The standard InChI is InChI=1S/C20H20F2N2O2S/c21-14-6-4-13(5-7-14)18-12-24(9-10-26-18)20(25)23-17-8-11-27-19-15(17)2-1-3-16(19)22/h1-7,17-18H,8-12H2,(H,23,25)/t17-,18+/m1/s1. The molecule has 2 aliphatic rings. The molecule has 2 aromatic carbocycles. The van der Waals surface area contributed by atoms with Gasteiger partial charge in [-0.25, -0.2) is 13.6 Å². The van der Waals surface area contributed by atoms with Gasteiger partial charge in [0, 0.05) is 17.2 Å². The number of halogens is 2. The summed E-state index contributed by atoms with van der Waals surface area (Å²) in [5.41, 5.74) is 1.68. The van der Waals surface area contributed by atoms with Crippen LogP contribution in [0.15, 0.2) is 47.4 Å². The van der Waals surface area contributed by atoms with Crippen molar-refractivity contribution < 1.29 is 18.3 Å². The Labute approximate surface area is 160 Å². The number of nitrogens with one attached hydrogen (secondary N) is 1. The molecule has 4 rings (SSSR count). The Kier molecular flexibility index (Phi) is 5.31. The Morgan fingerprint density at radius 2 is 2.00 bits per heavy atom. The Hall–Kier alpha value is -2.12. The third kappa shape index (κ3) is 3.94. The Balaban J connectivity index is 1.44. The molecule has 0 spiro atoms. The van der Waals surface area contributed by atoms with Gasteiger partial charge in [0.15, 0.2) is 0 Å². The highest BCUT2D eigenvalue weighted by Crippen LogP contribution is 2.37. The van der Waals surface area contributed by atoms with E-state index in [9.17, 15) is 13.6 Å². The summed E-state index contributed by atoms with van der Waals surface area (Å²) in [6.45, 7) is 1.30. The number of carbonyl (C=O) groups is 1. The number of morpholine rings is 1. The molecular formula is C20H20F2N2O2S. The molecule has 1 N–H and O–H groups in total. The summed E-state index contributed by atoms with van der Waals surface area (Å²) in [6.07, 6.45) is 0.482. The molecule has 0 aromatic heterocycles. The van der Waals surface area contributed by atoms with E-state index < -0.39 is 0 Å². The fourth-order valence-corrected chi connectivity index (χ4v) is 4.63. The zero-order valence-electron chi connectivity index (χ0n) is 14.7. The van der Waals surface area contributed by atoms with Crippen LogP contribution in [0, 0.1) is 11.6 Å². The van der Waals surface area contributed by atoms with Crippen molar-refractivity contribution in [3.05, 3.63) is 65.2 Å². The molecule has 1 saturated heterocycles. The first kappa shape index (κ1) is 18.3. The number of hydrogen-bond acceptors (Lipinski definition) is 3. The monoisotopic (exact) mass is 390 g/mol. The minimum atomic E-state index is -0.301.